The van der Waals surface area contributed by atoms with Gasteiger partial charge in [0, 0.05) is 51.0 Å². The molecule has 6 unspecified atom stereocenters. The molecule has 68 heavy (non-hydrogen) atoms. The highest BCUT2D eigenvalue weighted by Crippen LogP contribution is 2.35. The summed E-state index contributed by atoms with van der Waals surface area (Å²) < 4.78 is 11.1. The maximum Gasteiger partial charge on any atom is 0.413 e. The molecule has 10 N–H and O–H groups in total. The summed E-state index contributed by atoms with van der Waals surface area (Å²) in [6, 6.07) is 0.0296. The molecule has 30 heteroatoms. The standard InChI is InChI=1S/C38H54N8O18S4/c1-5-63-32(56)21(17-38(66,33(57)44(4)36(61)62)45(67)26(48)13-11-23(40)31(54)55)18-41-27(49)19-8-7-9-20(16-19)28(50)46(68)37(65,34(58)64-6-2)15-14-24(29(51)43(3)35(59)60)42-25(47)12-10-22(39)30(52)53/h7-9,16,21-24,65-68H,5-6,10-15,17-18,39-40H2,1-4H3,(H,41,49)(H,42,47)(H,52,53)(H,54,55)(H,59,60)(H,61,62). The van der Waals surface area contributed by atoms with Crippen molar-refractivity contribution in [1.29, 1.82) is 0 Å². The average molecular weight is 1040 g/mol. The number of nitrogens with zero attached hydrogens (tertiary/aromatic N) is 4. The van der Waals surface area contributed by atoms with Crippen molar-refractivity contribution in [3.63, 3.8) is 0 Å². The van der Waals surface area contributed by atoms with E-state index in [-0.39, 0.29) is 40.6 Å². The van der Waals surface area contributed by atoms with Crippen LogP contribution >= 0.6 is 50.9 Å². The first kappa shape index (κ1) is 60.2. The van der Waals surface area contributed by atoms with Gasteiger partial charge in [-0.15, -0.1) is 25.3 Å². The monoisotopic (exact) mass is 1040 g/mol. The van der Waals surface area contributed by atoms with Gasteiger partial charge in [0.2, 0.25) is 11.8 Å². The van der Waals surface area contributed by atoms with Crippen molar-refractivity contribution in [2.24, 2.45) is 17.4 Å². The molecular weight excluding hydrogens is 985 g/mol. The van der Waals surface area contributed by atoms with E-state index in [1.54, 1.807) is 0 Å². The minimum Gasteiger partial charge on any atom is -0.480 e. The summed E-state index contributed by atoms with van der Waals surface area (Å²) in [5, 5.41) is 41.9. The number of likely N-dealkylation sites (N-methyl/N-ethyl adjacent to an activating group) is 2. The molecule has 26 nitrogen and oxygen atoms in total. The van der Waals surface area contributed by atoms with E-state index in [1.165, 1.54) is 32.0 Å². The number of carboxylic acids is 2. The number of rotatable bonds is 26. The van der Waals surface area contributed by atoms with E-state index in [0.29, 0.717) is 8.61 Å². The predicted octanol–water partition coefficient (Wildman–Crippen LogP) is -0.316. The van der Waals surface area contributed by atoms with E-state index in [9.17, 15) is 67.7 Å². The lowest BCUT2D eigenvalue weighted by Gasteiger charge is -2.38. The molecule has 8 amide bonds. The van der Waals surface area contributed by atoms with Crippen LogP contribution in [0.5, 0.6) is 0 Å². The van der Waals surface area contributed by atoms with Crippen LogP contribution in [0.4, 0.5) is 9.59 Å². The van der Waals surface area contributed by atoms with Crippen LogP contribution in [0.3, 0.4) is 0 Å². The Morgan fingerprint density at radius 2 is 1.26 bits per heavy atom. The summed E-state index contributed by atoms with van der Waals surface area (Å²) in [6.07, 6.45) is -7.55. The number of carboxylic acid groups (broad SMARTS) is 4. The van der Waals surface area contributed by atoms with Crippen LogP contribution < -0.4 is 22.1 Å². The van der Waals surface area contributed by atoms with E-state index >= 15 is 0 Å². The molecule has 0 spiro atoms. The molecule has 0 bridgehead atoms. The Hall–Kier alpha value is -5.82. The van der Waals surface area contributed by atoms with Gasteiger partial charge in [0.1, 0.15) is 18.1 Å². The molecule has 0 aliphatic heterocycles. The van der Waals surface area contributed by atoms with Crippen molar-refractivity contribution in [2.75, 3.05) is 33.9 Å². The van der Waals surface area contributed by atoms with Crippen LogP contribution in [0.2, 0.25) is 0 Å². The Kier molecular flexibility index (Phi) is 24.1. The zero-order valence-corrected chi connectivity index (χ0v) is 40.5. The molecule has 0 saturated carbocycles. The normalized spacial score (nSPS) is 14.4. The third-order valence-corrected chi connectivity index (χ3v) is 12.3. The molecule has 0 fully saturated rings. The van der Waals surface area contributed by atoms with E-state index in [2.05, 4.69) is 61.5 Å². The highest BCUT2D eigenvalue weighted by atomic mass is 32.1. The number of nitrogens with one attached hydrogen (secondary N) is 2. The molecule has 0 aliphatic rings. The molecule has 0 radical (unpaired) electrons. The molecule has 0 aromatic heterocycles. The molecule has 0 heterocycles. The second kappa shape index (κ2) is 27.2. The molecule has 0 aliphatic carbocycles. The molecule has 0 saturated heterocycles. The molecule has 378 valence electrons. The van der Waals surface area contributed by atoms with Gasteiger partial charge in [0.25, 0.3) is 23.6 Å². The second-order valence-electron chi connectivity index (χ2n) is 14.6. The van der Waals surface area contributed by atoms with Crippen LogP contribution in [-0.2, 0) is 47.8 Å². The van der Waals surface area contributed by atoms with Crippen molar-refractivity contribution in [3.8, 4) is 0 Å². The van der Waals surface area contributed by atoms with Gasteiger partial charge >= 0.3 is 36.1 Å². The molecular formula is C38H54N8O18S4. The second-order valence-corrected chi connectivity index (χ2v) is 16.9. The van der Waals surface area contributed by atoms with Crippen molar-refractivity contribution < 1.29 is 87.4 Å². The van der Waals surface area contributed by atoms with Crippen LogP contribution in [-0.4, -0.2) is 172 Å². The number of imide groups is 2. The summed E-state index contributed by atoms with van der Waals surface area (Å²) in [5.74, 6) is -13.3. The smallest absolute Gasteiger partial charge is 0.413 e. The number of amides is 8. The van der Waals surface area contributed by atoms with Gasteiger partial charge < -0.3 is 52.0 Å². The van der Waals surface area contributed by atoms with Crippen molar-refractivity contribution in [1.82, 2.24) is 29.0 Å². The number of thiol groups is 4. The number of ether oxygens (including phenoxy) is 2. The van der Waals surface area contributed by atoms with Crippen molar-refractivity contribution >= 4 is 122 Å². The van der Waals surface area contributed by atoms with Gasteiger partial charge in [-0.05, 0) is 57.7 Å². The van der Waals surface area contributed by atoms with Gasteiger partial charge in [0.15, 0.2) is 9.74 Å². The number of esters is 2. The Morgan fingerprint density at radius 1 is 0.735 bits per heavy atom. The third kappa shape index (κ3) is 16.7. The number of benzene rings is 1. The zero-order valence-electron chi connectivity index (χ0n) is 36.9. The number of carbonyl (C=O) groups excluding carboxylic acids is 8. The summed E-state index contributed by atoms with van der Waals surface area (Å²) in [5.41, 5.74) is 10.4. The summed E-state index contributed by atoms with van der Waals surface area (Å²) in [4.78, 5) is 148. The Balaban J connectivity index is 3.56. The van der Waals surface area contributed by atoms with E-state index < -0.39 is 150 Å². The quantitative estimate of drug-likeness (QED) is 0.0321. The number of carbonyl (C=O) groups is 12. The summed E-state index contributed by atoms with van der Waals surface area (Å²) in [7, 11) is 1.69. The fraction of sp³-hybridized carbons (Fsp3) is 0.526. The van der Waals surface area contributed by atoms with Crippen LogP contribution in [0.1, 0.15) is 79.5 Å². The van der Waals surface area contributed by atoms with Gasteiger partial charge in [-0.3, -0.25) is 51.8 Å². The van der Waals surface area contributed by atoms with Crippen LogP contribution in [0.25, 0.3) is 0 Å². The predicted molar refractivity (Wildman–Crippen MR) is 247 cm³/mol. The van der Waals surface area contributed by atoms with Crippen molar-refractivity contribution in [3.05, 3.63) is 35.4 Å². The SMILES string of the molecule is CCOC(=O)C(CNC(=O)c1cccc(C(=O)N(S)C(S)(CCC(NC(=O)CCC(N)C(=O)O)C(=O)N(C)C(=O)O)C(=O)OCC)c1)CC(S)(C(=O)N(C)C(=O)O)N(S)C(=O)CCC(N)C(=O)O. The first-order chi connectivity index (χ1) is 31.5. The lowest BCUT2D eigenvalue weighted by molar-refractivity contribution is -0.151. The van der Waals surface area contributed by atoms with E-state index in [1.807, 2.05) is 0 Å². The molecule has 1 rings (SSSR count). The maximum absolute atomic E-state index is 14.0. The van der Waals surface area contributed by atoms with E-state index in [0.717, 1.165) is 20.2 Å². The van der Waals surface area contributed by atoms with Crippen molar-refractivity contribution in [2.45, 2.75) is 86.7 Å². The average Bonchev–Trinajstić information content (AvgIpc) is 3.29. The number of nitrogens with two attached hydrogens (primary N) is 2. The first-order valence-electron chi connectivity index (χ1n) is 20.0. The summed E-state index contributed by atoms with van der Waals surface area (Å²) in [6.45, 7) is 1.69. The Labute approximate surface area is 410 Å². The van der Waals surface area contributed by atoms with Gasteiger partial charge in [-0.1, -0.05) is 31.7 Å². The number of aliphatic carboxylic acids is 2. The van der Waals surface area contributed by atoms with Crippen LogP contribution in [0, 0.1) is 5.92 Å². The third-order valence-electron chi connectivity index (χ3n) is 9.72. The highest BCUT2D eigenvalue weighted by Gasteiger charge is 2.49. The Bertz CT molecular complexity index is 2100. The Morgan fingerprint density at radius 3 is 1.78 bits per heavy atom. The van der Waals surface area contributed by atoms with Gasteiger partial charge in [-0.25, -0.2) is 24.2 Å². The lowest BCUT2D eigenvalue weighted by Crippen LogP contribution is -2.57. The minimum absolute atomic E-state index is 0.153. The first-order valence-corrected chi connectivity index (χ1v) is 21.7. The largest absolute Gasteiger partial charge is 0.480 e. The van der Waals surface area contributed by atoms with E-state index in [4.69, 9.17) is 31.2 Å². The zero-order chi connectivity index (χ0) is 52.4. The fourth-order valence-electron chi connectivity index (χ4n) is 5.73. The van der Waals surface area contributed by atoms with Crippen LogP contribution in [0.15, 0.2) is 24.3 Å². The minimum atomic E-state index is -2.56. The number of hydrogen-bond donors (Lipinski definition) is 12. The molecule has 6 atom stereocenters. The maximum atomic E-state index is 14.0. The number of hydrogen-bond acceptors (Lipinski definition) is 20. The van der Waals surface area contributed by atoms with Gasteiger partial charge in [0.05, 0.1) is 19.1 Å². The molecule has 1 aromatic carbocycles. The summed E-state index contributed by atoms with van der Waals surface area (Å²) >= 11 is 17.0. The molecule has 1 aromatic rings. The topological polar surface area (TPSA) is 393 Å². The lowest BCUT2D eigenvalue weighted by atomic mass is 9.97. The highest BCUT2D eigenvalue weighted by molar-refractivity contribution is 7.85. The van der Waals surface area contributed by atoms with Gasteiger partial charge in [-0.2, -0.15) is 0 Å². The fourth-order valence-corrected chi connectivity index (χ4v) is 7.06.